The molecule has 7 heteroatoms. The molecule has 0 bridgehead atoms. The Kier molecular flexibility index (Phi) is 4.44. The third-order valence-electron chi connectivity index (χ3n) is 3.18. The summed E-state index contributed by atoms with van der Waals surface area (Å²) < 4.78 is 29.6. The van der Waals surface area contributed by atoms with Crippen LogP contribution in [0.25, 0.3) is 0 Å². The van der Waals surface area contributed by atoms with Gasteiger partial charge in [0.25, 0.3) is 9.05 Å². The summed E-state index contributed by atoms with van der Waals surface area (Å²) in [5.74, 6) is -0.0547. The molecule has 5 nitrogen and oxygen atoms in total. The van der Waals surface area contributed by atoms with E-state index in [-0.39, 0.29) is 16.6 Å². The van der Waals surface area contributed by atoms with Crippen LogP contribution in [0.5, 0.6) is 0 Å². The van der Waals surface area contributed by atoms with Crippen molar-refractivity contribution in [3.63, 3.8) is 0 Å². The maximum Gasteiger partial charge on any atom is 0.354 e. The fraction of sp³-hybridized carbons (Fsp3) is 0.615. The van der Waals surface area contributed by atoms with Crippen molar-refractivity contribution in [1.82, 2.24) is 4.57 Å². The highest BCUT2D eigenvalue weighted by Gasteiger charge is 2.30. The number of carbonyl (C=O) groups excluding carboxylic acids is 1. The van der Waals surface area contributed by atoms with E-state index in [1.807, 2.05) is 13.8 Å². The minimum Gasteiger partial charge on any atom is -0.461 e. The third kappa shape index (κ3) is 3.76. The number of esters is 1. The summed E-state index contributed by atoms with van der Waals surface area (Å²) in [6.45, 7) is 4.41. The van der Waals surface area contributed by atoms with Crippen molar-refractivity contribution in [2.75, 3.05) is 6.61 Å². The molecule has 20 heavy (non-hydrogen) atoms. The molecule has 1 aliphatic carbocycles. The SMILES string of the molecule is CC(C)CCOC(=O)c1cc(S(=O)(=O)Cl)cn1C1CC1. The van der Waals surface area contributed by atoms with Crippen LogP contribution in [0, 0.1) is 5.92 Å². The second kappa shape index (κ2) is 5.77. The van der Waals surface area contributed by atoms with Crippen LogP contribution in [0.3, 0.4) is 0 Å². The molecule has 0 amide bonds. The molecule has 1 aliphatic rings. The lowest BCUT2D eigenvalue weighted by Gasteiger charge is -2.09. The largest absolute Gasteiger partial charge is 0.461 e. The Morgan fingerprint density at radius 2 is 2.15 bits per heavy atom. The van der Waals surface area contributed by atoms with Gasteiger partial charge in [-0.1, -0.05) is 13.8 Å². The Morgan fingerprint density at radius 3 is 2.65 bits per heavy atom. The Bertz CT molecular complexity index is 602. The van der Waals surface area contributed by atoms with Gasteiger partial charge in [-0.15, -0.1) is 0 Å². The fourth-order valence-corrected chi connectivity index (χ4v) is 2.61. The summed E-state index contributed by atoms with van der Waals surface area (Å²) in [4.78, 5) is 12.0. The van der Waals surface area contributed by atoms with Gasteiger partial charge in [0.05, 0.1) is 6.61 Å². The Labute approximate surface area is 123 Å². The minimum atomic E-state index is -3.83. The number of hydrogen-bond acceptors (Lipinski definition) is 4. The predicted molar refractivity (Wildman–Crippen MR) is 75.5 cm³/mol. The molecule has 0 spiro atoms. The van der Waals surface area contributed by atoms with Gasteiger partial charge in [0.15, 0.2) is 0 Å². The summed E-state index contributed by atoms with van der Waals surface area (Å²) in [7, 11) is 1.49. The average molecular weight is 320 g/mol. The number of halogens is 1. The van der Waals surface area contributed by atoms with Gasteiger partial charge in [-0.3, -0.25) is 0 Å². The van der Waals surface area contributed by atoms with Gasteiger partial charge in [-0.25, -0.2) is 13.2 Å². The summed E-state index contributed by atoms with van der Waals surface area (Å²) in [6.07, 6.45) is 4.06. The zero-order valence-corrected chi connectivity index (χ0v) is 13.1. The molecule has 0 radical (unpaired) electrons. The van der Waals surface area contributed by atoms with Crippen LogP contribution in [0.4, 0.5) is 0 Å². The van der Waals surface area contributed by atoms with Crippen LogP contribution in [0.1, 0.15) is 49.6 Å². The van der Waals surface area contributed by atoms with Crippen LogP contribution in [-0.4, -0.2) is 25.6 Å². The molecule has 1 fully saturated rings. The first kappa shape index (κ1) is 15.4. The highest BCUT2D eigenvalue weighted by molar-refractivity contribution is 8.13. The quantitative estimate of drug-likeness (QED) is 0.597. The fourth-order valence-electron chi connectivity index (χ4n) is 1.87. The molecule has 1 aromatic rings. The summed E-state index contributed by atoms with van der Waals surface area (Å²) in [5, 5.41) is 0. The number of nitrogens with zero attached hydrogens (tertiary/aromatic N) is 1. The number of carbonyl (C=O) groups is 1. The van der Waals surface area contributed by atoms with E-state index in [0.29, 0.717) is 12.5 Å². The van der Waals surface area contributed by atoms with E-state index in [1.54, 1.807) is 4.57 Å². The van der Waals surface area contributed by atoms with Gasteiger partial charge >= 0.3 is 5.97 Å². The molecular formula is C13H18ClNO4S. The standard InChI is InChI=1S/C13H18ClNO4S/c1-9(2)5-6-19-13(16)12-7-11(20(14,17)18)8-15(12)10-3-4-10/h7-10H,3-6H2,1-2H3. The summed E-state index contributed by atoms with van der Waals surface area (Å²) in [5.41, 5.74) is 0.260. The van der Waals surface area contributed by atoms with Gasteiger partial charge in [0, 0.05) is 22.9 Å². The lowest BCUT2D eigenvalue weighted by Crippen LogP contribution is -2.12. The van der Waals surface area contributed by atoms with Crippen molar-refractivity contribution in [3.8, 4) is 0 Å². The molecule has 0 N–H and O–H groups in total. The van der Waals surface area contributed by atoms with Crippen LogP contribution >= 0.6 is 10.7 Å². The Balaban J connectivity index is 2.17. The molecule has 1 heterocycles. The topological polar surface area (TPSA) is 65.4 Å². The molecule has 0 atom stereocenters. The normalized spacial score (nSPS) is 15.6. The molecule has 0 unspecified atom stereocenters. The number of rotatable bonds is 6. The van der Waals surface area contributed by atoms with Crippen molar-refractivity contribution in [2.24, 2.45) is 5.92 Å². The molecule has 2 rings (SSSR count). The number of aromatic nitrogens is 1. The van der Waals surface area contributed by atoms with Gasteiger partial charge in [0.1, 0.15) is 10.6 Å². The Hall–Kier alpha value is -1.01. The van der Waals surface area contributed by atoms with E-state index in [0.717, 1.165) is 19.3 Å². The van der Waals surface area contributed by atoms with Crippen molar-refractivity contribution >= 4 is 25.7 Å². The van der Waals surface area contributed by atoms with Crippen molar-refractivity contribution in [1.29, 1.82) is 0 Å². The lowest BCUT2D eigenvalue weighted by atomic mass is 10.1. The Morgan fingerprint density at radius 1 is 1.50 bits per heavy atom. The summed E-state index contributed by atoms with van der Waals surface area (Å²) >= 11 is 0. The van der Waals surface area contributed by atoms with Crippen LogP contribution < -0.4 is 0 Å². The summed E-state index contributed by atoms with van der Waals surface area (Å²) in [6, 6.07) is 1.47. The van der Waals surface area contributed by atoms with E-state index in [9.17, 15) is 13.2 Å². The predicted octanol–water partition coefficient (Wildman–Crippen LogP) is 2.95. The number of hydrogen-bond donors (Lipinski definition) is 0. The highest BCUT2D eigenvalue weighted by Crippen LogP contribution is 2.37. The van der Waals surface area contributed by atoms with Gasteiger partial charge in [-0.2, -0.15) is 0 Å². The van der Waals surface area contributed by atoms with Gasteiger partial charge < -0.3 is 9.30 Å². The first-order chi connectivity index (χ1) is 9.29. The van der Waals surface area contributed by atoms with Gasteiger partial charge in [0.2, 0.25) is 0 Å². The first-order valence-corrected chi connectivity index (χ1v) is 8.93. The zero-order valence-electron chi connectivity index (χ0n) is 11.5. The van der Waals surface area contributed by atoms with Crippen molar-refractivity contribution in [2.45, 2.75) is 44.0 Å². The van der Waals surface area contributed by atoms with Crippen LogP contribution in [0.15, 0.2) is 17.2 Å². The third-order valence-corrected chi connectivity index (χ3v) is 4.50. The van der Waals surface area contributed by atoms with Crippen LogP contribution in [-0.2, 0) is 13.8 Å². The monoisotopic (exact) mass is 319 g/mol. The zero-order chi connectivity index (χ0) is 14.9. The van der Waals surface area contributed by atoms with Crippen LogP contribution in [0.2, 0.25) is 0 Å². The molecule has 1 aromatic heterocycles. The lowest BCUT2D eigenvalue weighted by molar-refractivity contribution is 0.0475. The molecule has 112 valence electrons. The maximum absolute atomic E-state index is 12.0. The molecule has 0 saturated heterocycles. The molecule has 0 aromatic carbocycles. The second-order valence-corrected chi connectivity index (χ2v) is 8.02. The number of ether oxygens (including phenoxy) is 1. The second-order valence-electron chi connectivity index (χ2n) is 5.46. The maximum atomic E-state index is 12.0. The average Bonchev–Trinajstić information content (AvgIpc) is 3.05. The van der Waals surface area contributed by atoms with Crippen molar-refractivity contribution in [3.05, 3.63) is 18.0 Å². The van der Waals surface area contributed by atoms with E-state index in [4.69, 9.17) is 15.4 Å². The van der Waals surface area contributed by atoms with E-state index >= 15 is 0 Å². The molecule has 0 aliphatic heterocycles. The van der Waals surface area contributed by atoms with E-state index in [1.165, 1.54) is 12.3 Å². The van der Waals surface area contributed by atoms with Gasteiger partial charge in [-0.05, 0) is 31.2 Å². The minimum absolute atomic E-state index is 0.0538. The van der Waals surface area contributed by atoms with Crippen molar-refractivity contribution < 1.29 is 17.9 Å². The first-order valence-electron chi connectivity index (χ1n) is 6.62. The van der Waals surface area contributed by atoms with E-state index in [2.05, 4.69) is 0 Å². The molecular weight excluding hydrogens is 302 g/mol. The smallest absolute Gasteiger partial charge is 0.354 e. The molecule has 1 saturated carbocycles. The van der Waals surface area contributed by atoms with E-state index < -0.39 is 15.0 Å². The highest BCUT2D eigenvalue weighted by atomic mass is 35.7.